The van der Waals surface area contributed by atoms with Gasteiger partial charge < -0.3 is 15.2 Å². The van der Waals surface area contributed by atoms with E-state index in [1.165, 1.54) is 6.07 Å². The van der Waals surface area contributed by atoms with E-state index in [-0.39, 0.29) is 0 Å². The van der Waals surface area contributed by atoms with E-state index in [9.17, 15) is 18.0 Å². The van der Waals surface area contributed by atoms with Crippen LogP contribution in [-0.4, -0.2) is 30.8 Å². The fraction of sp³-hybridized carbons (Fsp3) is 0.500. The quantitative estimate of drug-likeness (QED) is 0.876. The van der Waals surface area contributed by atoms with Gasteiger partial charge in [0, 0.05) is 25.4 Å². The predicted octanol–water partition coefficient (Wildman–Crippen LogP) is 3.24. The Balaban J connectivity index is 2.03. The molecule has 2 N–H and O–H groups in total. The molecule has 0 amide bonds. The van der Waals surface area contributed by atoms with Crippen molar-refractivity contribution in [3.63, 3.8) is 0 Å². The molecule has 7 heteroatoms. The minimum Gasteiger partial charge on any atom is -0.478 e. The van der Waals surface area contributed by atoms with Crippen LogP contribution in [0.2, 0.25) is 0 Å². The van der Waals surface area contributed by atoms with E-state index in [0.717, 1.165) is 31.6 Å². The van der Waals surface area contributed by atoms with Gasteiger partial charge in [0.1, 0.15) is 0 Å². The van der Waals surface area contributed by atoms with Crippen LogP contribution in [-0.2, 0) is 10.9 Å². The molecule has 1 aliphatic rings. The lowest BCUT2D eigenvalue weighted by Crippen LogP contribution is -2.14. The topological polar surface area (TPSA) is 58.6 Å². The van der Waals surface area contributed by atoms with Gasteiger partial charge in [0.05, 0.1) is 11.1 Å². The van der Waals surface area contributed by atoms with E-state index in [2.05, 4.69) is 5.32 Å². The largest absolute Gasteiger partial charge is 0.478 e. The van der Waals surface area contributed by atoms with Gasteiger partial charge in [-0.15, -0.1) is 0 Å². The Hall–Kier alpha value is -1.76. The van der Waals surface area contributed by atoms with E-state index in [4.69, 9.17) is 9.84 Å². The molecular weight excluding hydrogens is 287 g/mol. The summed E-state index contributed by atoms with van der Waals surface area (Å²) in [5, 5.41) is 11.9. The number of rotatable bonds is 5. The summed E-state index contributed by atoms with van der Waals surface area (Å²) in [6, 6.07) is 3.07. The lowest BCUT2D eigenvalue weighted by atomic mass is 10.0. The molecule has 1 heterocycles. The number of benzene rings is 1. The lowest BCUT2D eigenvalue weighted by molar-refractivity contribution is -0.138. The zero-order valence-electron chi connectivity index (χ0n) is 11.2. The third-order valence-corrected chi connectivity index (χ3v) is 3.46. The van der Waals surface area contributed by atoms with Crippen molar-refractivity contribution < 1.29 is 27.8 Å². The van der Waals surface area contributed by atoms with Gasteiger partial charge in [0.25, 0.3) is 0 Å². The Morgan fingerprint density at radius 1 is 1.43 bits per heavy atom. The normalized spacial score (nSPS) is 18.7. The van der Waals surface area contributed by atoms with Gasteiger partial charge in [0.15, 0.2) is 0 Å². The maximum atomic E-state index is 12.7. The van der Waals surface area contributed by atoms with Crippen molar-refractivity contribution in [3.05, 3.63) is 29.3 Å². The minimum absolute atomic E-state index is 0.374. The van der Waals surface area contributed by atoms with E-state index in [1.54, 1.807) is 0 Å². The second-order valence-corrected chi connectivity index (χ2v) is 5.01. The minimum atomic E-state index is -4.67. The molecule has 0 spiro atoms. The fourth-order valence-corrected chi connectivity index (χ4v) is 2.31. The van der Waals surface area contributed by atoms with Crippen LogP contribution in [0.25, 0.3) is 0 Å². The van der Waals surface area contributed by atoms with Gasteiger partial charge in [-0.05, 0) is 37.0 Å². The monoisotopic (exact) mass is 303 g/mol. The van der Waals surface area contributed by atoms with Crippen LogP contribution in [0.3, 0.4) is 0 Å². The van der Waals surface area contributed by atoms with Gasteiger partial charge >= 0.3 is 12.1 Å². The highest BCUT2D eigenvalue weighted by molar-refractivity contribution is 5.91. The third-order valence-electron chi connectivity index (χ3n) is 3.46. The van der Waals surface area contributed by atoms with Crippen LogP contribution in [0.5, 0.6) is 0 Å². The first kappa shape index (κ1) is 15.6. The summed E-state index contributed by atoms with van der Waals surface area (Å²) in [6.07, 6.45) is -2.86. The van der Waals surface area contributed by atoms with Crippen molar-refractivity contribution in [2.75, 3.05) is 25.1 Å². The van der Waals surface area contributed by atoms with Gasteiger partial charge in [-0.25, -0.2) is 4.79 Å². The lowest BCUT2D eigenvalue weighted by Gasteiger charge is -2.14. The number of hydrogen-bond acceptors (Lipinski definition) is 3. The number of nitrogens with one attached hydrogen (secondary N) is 1. The zero-order valence-corrected chi connectivity index (χ0v) is 11.2. The maximum absolute atomic E-state index is 12.7. The van der Waals surface area contributed by atoms with Gasteiger partial charge in [-0.2, -0.15) is 13.2 Å². The van der Waals surface area contributed by atoms with Crippen molar-refractivity contribution in [1.82, 2.24) is 0 Å². The fourth-order valence-electron chi connectivity index (χ4n) is 2.31. The highest BCUT2D eigenvalue weighted by Crippen LogP contribution is 2.33. The Morgan fingerprint density at radius 2 is 2.19 bits per heavy atom. The second kappa shape index (κ2) is 6.34. The van der Waals surface area contributed by atoms with Crippen molar-refractivity contribution in [2.45, 2.75) is 19.0 Å². The number of ether oxygens (including phenoxy) is 1. The first-order valence-corrected chi connectivity index (χ1v) is 6.64. The third kappa shape index (κ3) is 4.10. The van der Waals surface area contributed by atoms with E-state index < -0.39 is 23.3 Å². The first-order valence-electron chi connectivity index (χ1n) is 6.64. The number of aromatic carboxylic acids is 1. The molecule has 116 valence electrons. The van der Waals surface area contributed by atoms with Crippen molar-refractivity contribution in [3.8, 4) is 0 Å². The molecule has 1 atom stereocenters. The molecule has 21 heavy (non-hydrogen) atoms. The number of carbonyl (C=O) groups is 1. The average Bonchev–Trinajstić information content (AvgIpc) is 2.90. The molecule has 0 aliphatic carbocycles. The standard InChI is InChI=1S/C14H16F3NO3/c15-14(16,17)12-2-1-10(7-11(12)13(19)20)18-5-3-9-4-6-21-8-9/h1-2,7,9,18H,3-6,8H2,(H,19,20). The van der Waals surface area contributed by atoms with Gasteiger partial charge in [0.2, 0.25) is 0 Å². The average molecular weight is 303 g/mol. The summed E-state index contributed by atoms with van der Waals surface area (Å²) >= 11 is 0. The number of carboxylic acids is 1. The van der Waals surface area contributed by atoms with Crippen LogP contribution < -0.4 is 5.32 Å². The van der Waals surface area contributed by atoms with E-state index >= 15 is 0 Å². The van der Waals surface area contributed by atoms with Crippen molar-refractivity contribution >= 4 is 11.7 Å². The maximum Gasteiger partial charge on any atom is 0.417 e. The van der Waals surface area contributed by atoms with Crippen LogP contribution in [0, 0.1) is 5.92 Å². The number of anilines is 1. The molecule has 4 nitrogen and oxygen atoms in total. The summed E-state index contributed by atoms with van der Waals surface area (Å²) in [4.78, 5) is 11.0. The highest BCUT2D eigenvalue weighted by atomic mass is 19.4. The molecule has 1 unspecified atom stereocenters. The van der Waals surface area contributed by atoms with Crippen molar-refractivity contribution in [2.24, 2.45) is 5.92 Å². The molecular formula is C14H16F3NO3. The molecule has 1 aromatic carbocycles. The Labute approximate surface area is 119 Å². The Morgan fingerprint density at radius 3 is 2.76 bits per heavy atom. The van der Waals surface area contributed by atoms with Crippen LogP contribution in [0.4, 0.5) is 18.9 Å². The molecule has 2 rings (SSSR count). The SMILES string of the molecule is O=C(O)c1cc(NCCC2CCOC2)ccc1C(F)(F)F. The zero-order chi connectivity index (χ0) is 15.5. The summed E-state index contributed by atoms with van der Waals surface area (Å²) in [6.45, 7) is 2.02. The Kier molecular flexibility index (Phi) is 4.72. The second-order valence-electron chi connectivity index (χ2n) is 5.01. The van der Waals surface area contributed by atoms with Gasteiger partial charge in [-0.3, -0.25) is 0 Å². The van der Waals surface area contributed by atoms with Crippen LogP contribution in [0.1, 0.15) is 28.8 Å². The number of hydrogen-bond donors (Lipinski definition) is 2. The van der Waals surface area contributed by atoms with E-state index in [1.807, 2.05) is 0 Å². The van der Waals surface area contributed by atoms with Crippen LogP contribution >= 0.6 is 0 Å². The smallest absolute Gasteiger partial charge is 0.417 e. The number of halogens is 3. The molecule has 0 saturated carbocycles. The number of alkyl halides is 3. The Bertz CT molecular complexity index is 511. The molecule has 0 aromatic heterocycles. The van der Waals surface area contributed by atoms with Crippen LogP contribution in [0.15, 0.2) is 18.2 Å². The first-order chi connectivity index (χ1) is 9.88. The summed E-state index contributed by atoms with van der Waals surface area (Å²) in [5.41, 5.74) is -1.50. The molecule has 1 aromatic rings. The molecule has 0 radical (unpaired) electrons. The van der Waals surface area contributed by atoms with Crippen molar-refractivity contribution in [1.29, 1.82) is 0 Å². The molecule has 1 aliphatic heterocycles. The summed E-state index contributed by atoms with van der Waals surface area (Å²) in [5.74, 6) is -1.14. The van der Waals surface area contributed by atoms with E-state index in [0.29, 0.717) is 24.8 Å². The molecule has 1 saturated heterocycles. The highest BCUT2D eigenvalue weighted by Gasteiger charge is 2.35. The predicted molar refractivity (Wildman–Crippen MR) is 70.4 cm³/mol. The molecule has 0 bridgehead atoms. The summed E-state index contributed by atoms with van der Waals surface area (Å²) < 4.78 is 43.3. The molecule has 1 fully saturated rings. The van der Waals surface area contributed by atoms with Gasteiger partial charge in [-0.1, -0.05) is 0 Å². The summed E-state index contributed by atoms with van der Waals surface area (Å²) in [7, 11) is 0. The number of carboxylic acid groups (broad SMARTS) is 1.